The van der Waals surface area contributed by atoms with Crippen LogP contribution in [-0.2, 0) is 0 Å². The minimum atomic E-state index is -1.22. The third-order valence-electron chi connectivity index (χ3n) is 3.53. The number of nitrogens with zero attached hydrogens (tertiary/aromatic N) is 1. The highest BCUT2D eigenvalue weighted by molar-refractivity contribution is 7.99. The number of carbonyl (C=O) groups is 1. The molecular formula is C17H12N2O4S. The largest absolute Gasteiger partial charge is 0.478 e. The second kappa shape index (κ2) is 6.21. The summed E-state index contributed by atoms with van der Waals surface area (Å²) in [4.78, 5) is 22.8. The zero-order valence-corrected chi connectivity index (χ0v) is 13.1. The minimum absolute atomic E-state index is 0.124. The van der Waals surface area contributed by atoms with Gasteiger partial charge in [-0.3, -0.25) is 10.1 Å². The first-order valence-electron chi connectivity index (χ1n) is 6.94. The Morgan fingerprint density at radius 2 is 1.88 bits per heavy atom. The number of nitro benzene ring substituents is 1. The molecule has 0 aromatic heterocycles. The van der Waals surface area contributed by atoms with E-state index in [1.165, 1.54) is 23.9 Å². The van der Waals surface area contributed by atoms with Gasteiger partial charge in [0, 0.05) is 27.6 Å². The van der Waals surface area contributed by atoms with E-state index in [1.807, 2.05) is 30.3 Å². The molecule has 0 fully saturated rings. The van der Waals surface area contributed by atoms with E-state index in [2.05, 4.69) is 0 Å². The predicted molar refractivity (Wildman–Crippen MR) is 92.5 cm³/mol. The van der Waals surface area contributed by atoms with Crippen molar-refractivity contribution < 1.29 is 14.8 Å². The fourth-order valence-electron chi connectivity index (χ4n) is 2.37. The number of hydrogen-bond donors (Lipinski definition) is 2. The number of nitro groups is 1. The Labute approximate surface area is 141 Å². The first-order valence-corrected chi connectivity index (χ1v) is 7.76. The molecule has 0 aliphatic heterocycles. The Balaban J connectivity index is 2.14. The van der Waals surface area contributed by atoms with Crippen LogP contribution in [0.3, 0.4) is 0 Å². The van der Waals surface area contributed by atoms with Gasteiger partial charge in [-0.1, -0.05) is 42.1 Å². The van der Waals surface area contributed by atoms with Gasteiger partial charge in [0.2, 0.25) is 0 Å². The summed E-state index contributed by atoms with van der Waals surface area (Å²) in [5.41, 5.74) is 6.20. The summed E-state index contributed by atoms with van der Waals surface area (Å²) in [6.07, 6.45) is 0. The number of carboxylic acids is 1. The SMILES string of the molecule is Nc1ccc2ccccc2c1Sc1ccc([N+](=O)[O-])cc1C(=O)O. The summed E-state index contributed by atoms with van der Waals surface area (Å²) in [7, 11) is 0. The average molecular weight is 340 g/mol. The highest BCUT2D eigenvalue weighted by Gasteiger charge is 2.18. The number of anilines is 1. The molecule has 0 heterocycles. The first kappa shape index (κ1) is 15.8. The van der Waals surface area contributed by atoms with E-state index in [4.69, 9.17) is 5.73 Å². The molecule has 120 valence electrons. The van der Waals surface area contributed by atoms with E-state index in [0.717, 1.165) is 21.7 Å². The van der Waals surface area contributed by atoms with Gasteiger partial charge >= 0.3 is 5.97 Å². The van der Waals surface area contributed by atoms with Crippen molar-refractivity contribution in [2.24, 2.45) is 0 Å². The van der Waals surface area contributed by atoms with Gasteiger partial charge in [-0.15, -0.1) is 0 Å². The Kier molecular flexibility index (Phi) is 4.09. The van der Waals surface area contributed by atoms with Crippen molar-refractivity contribution in [2.75, 3.05) is 5.73 Å². The van der Waals surface area contributed by atoms with Crippen LogP contribution in [0.25, 0.3) is 10.8 Å². The molecular weight excluding hydrogens is 328 g/mol. The van der Waals surface area contributed by atoms with E-state index >= 15 is 0 Å². The maximum Gasteiger partial charge on any atom is 0.337 e. The van der Waals surface area contributed by atoms with E-state index in [0.29, 0.717) is 10.6 Å². The number of nitrogens with two attached hydrogens (primary N) is 1. The normalized spacial score (nSPS) is 10.7. The Hall–Kier alpha value is -3.06. The maximum absolute atomic E-state index is 11.5. The average Bonchev–Trinajstić information content (AvgIpc) is 2.57. The van der Waals surface area contributed by atoms with Gasteiger partial charge in [-0.25, -0.2) is 4.79 Å². The third-order valence-corrected chi connectivity index (χ3v) is 4.76. The van der Waals surface area contributed by atoms with Crippen LogP contribution >= 0.6 is 11.8 Å². The van der Waals surface area contributed by atoms with Crippen molar-refractivity contribution >= 4 is 39.9 Å². The number of hydrogen-bond acceptors (Lipinski definition) is 5. The molecule has 0 atom stereocenters. The lowest BCUT2D eigenvalue weighted by molar-refractivity contribution is -0.384. The summed E-state index contributed by atoms with van der Waals surface area (Å²) in [5.74, 6) is -1.22. The molecule has 3 aromatic carbocycles. The Bertz CT molecular complexity index is 972. The number of aromatic carboxylic acids is 1. The zero-order valence-electron chi connectivity index (χ0n) is 12.3. The molecule has 0 radical (unpaired) electrons. The lowest BCUT2D eigenvalue weighted by Gasteiger charge is -2.11. The second-order valence-corrected chi connectivity index (χ2v) is 6.10. The van der Waals surface area contributed by atoms with Gasteiger partial charge in [0.1, 0.15) is 0 Å². The van der Waals surface area contributed by atoms with Crippen LogP contribution < -0.4 is 5.73 Å². The smallest absolute Gasteiger partial charge is 0.337 e. The monoisotopic (exact) mass is 340 g/mol. The van der Waals surface area contributed by atoms with Crippen LogP contribution in [-0.4, -0.2) is 16.0 Å². The molecule has 0 bridgehead atoms. The summed E-state index contributed by atoms with van der Waals surface area (Å²) in [6, 6.07) is 15.1. The summed E-state index contributed by atoms with van der Waals surface area (Å²) in [5, 5.41) is 22.1. The van der Waals surface area contributed by atoms with Crippen molar-refractivity contribution in [1.82, 2.24) is 0 Å². The quantitative estimate of drug-likeness (QED) is 0.419. The number of non-ortho nitro benzene ring substituents is 1. The third kappa shape index (κ3) is 2.89. The first-order chi connectivity index (χ1) is 11.5. The molecule has 0 aliphatic rings. The van der Waals surface area contributed by atoms with Gasteiger partial charge in [-0.2, -0.15) is 0 Å². The molecule has 7 heteroatoms. The topological polar surface area (TPSA) is 106 Å². The molecule has 0 spiro atoms. The van der Waals surface area contributed by atoms with Crippen molar-refractivity contribution in [2.45, 2.75) is 9.79 Å². The molecule has 0 saturated carbocycles. The number of nitrogen functional groups attached to an aromatic ring is 1. The van der Waals surface area contributed by atoms with Crippen molar-refractivity contribution in [1.29, 1.82) is 0 Å². The van der Waals surface area contributed by atoms with Crippen molar-refractivity contribution in [3.8, 4) is 0 Å². The number of fused-ring (bicyclic) bond motifs is 1. The molecule has 3 N–H and O–H groups in total. The van der Waals surface area contributed by atoms with Gasteiger partial charge in [0.25, 0.3) is 5.69 Å². The highest BCUT2D eigenvalue weighted by atomic mass is 32.2. The summed E-state index contributed by atoms with van der Waals surface area (Å²) >= 11 is 1.19. The van der Waals surface area contributed by atoms with Crippen molar-refractivity contribution in [3.05, 3.63) is 70.3 Å². The molecule has 0 aliphatic carbocycles. The lowest BCUT2D eigenvalue weighted by Crippen LogP contribution is -2.01. The number of rotatable bonds is 4. The fourth-order valence-corrected chi connectivity index (χ4v) is 3.47. The molecule has 0 amide bonds. The van der Waals surface area contributed by atoms with Crippen LogP contribution in [0.4, 0.5) is 11.4 Å². The van der Waals surface area contributed by atoms with Crippen LogP contribution in [0.5, 0.6) is 0 Å². The Morgan fingerprint density at radius 1 is 1.12 bits per heavy atom. The van der Waals surface area contributed by atoms with Crippen LogP contribution in [0, 0.1) is 10.1 Å². The van der Waals surface area contributed by atoms with Gasteiger partial charge in [0.15, 0.2) is 0 Å². The van der Waals surface area contributed by atoms with E-state index in [1.54, 1.807) is 6.07 Å². The van der Waals surface area contributed by atoms with Crippen LogP contribution in [0.1, 0.15) is 10.4 Å². The van der Waals surface area contributed by atoms with Gasteiger partial charge in [0.05, 0.1) is 10.5 Å². The van der Waals surface area contributed by atoms with Gasteiger partial charge in [-0.05, 0) is 22.9 Å². The molecule has 6 nitrogen and oxygen atoms in total. The van der Waals surface area contributed by atoms with E-state index < -0.39 is 10.9 Å². The molecule has 24 heavy (non-hydrogen) atoms. The molecule has 3 rings (SSSR count). The van der Waals surface area contributed by atoms with Crippen molar-refractivity contribution in [3.63, 3.8) is 0 Å². The summed E-state index contributed by atoms with van der Waals surface area (Å²) < 4.78 is 0. The number of benzene rings is 3. The van der Waals surface area contributed by atoms with E-state index in [-0.39, 0.29) is 11.3 Å². The summed E-state index contributed by atoms with van der Waals surface area (Å²) in [6.45, 7) is 0. The number of carboxylic acid groups (broad SMARTS) is 1. The van der Waals surface area contributed by atoms with Crippen LogP contribution in [0.2, 0.25) is 0 Å². The molecule has 0 saturated heterocycles. The molecule has 0 unspecified atom stereocenters. The lowest BCUT2D eigenvalue weighted by atomic mass is 10.1. The predicted octanol–water partition coefficient (Wildman–Crippen LogP) is 4.18. The fraction of sp³-hybridized carbons (Fsp3) is 0. The minimum Gasteiger partial charge on any atom is -0.478 e. The van der Waals surface area contributed by atoms with E-state index in [9.17, 15) is 20.0 Å². The highest BCUT2D eigenvalue weighted by Crippen LogP contribution is 2.40. The standard InChI is InChI=1S/C17H12N2O4S/c18-14-7-5-10-3-1-2-4-12(10)16(14)24-15-8-6-11(19(22)23)9-13(15)17(20)21/h1-9H,18H2,(H,20,21). The maximum atomic E-state index is 11.5. The molecule has 3 aromatic rings. The van der Waals surface area contributed by atoms with Crippen LogP contribution in [0.15, 0.2) is 64.4 Å². The van der Waals surface area contributed by atoms with Gasteiger partial charge < -0.3 is 10.8 Å². The zero-order chi connectivity index (χ0) is 17.3. The second-order valence-electron chi connectivity index (χ2n) is 5.05. The Morgan fingerprint density at radius 3 is 2.58 bits per heavy atom.